The summed E-state index contributed by atoms with van der Waals surface area (Å²) < 4.78 is 17.1. The van der Waals surface area contributed by atoms with Crippen LogP contribution < -0.4 is 0 Å². The number of carboxylic acid groups (broad SMARTS) is 1. The summed E-state index contributed by atoms with van der Waals surface area (Å²) in [5.74, 6) is -1.61. The first-order valence-electron chi connectivity index (χ1n) is 21.3. The molecule has 0 spiro atoms. The van der Waals surface area contributed by atoms with Gasteiger partial charge >= 0.3 is 17.9 Å². The predicted molar refractivity (Wildman–Crippen MR) is 233 cm³/mol. The van der Waals surface area contributed by atoms with E-state index in [1.807, 2.05) is 69.8 Å². The Labute approximate surface area is 341 Å². The molecule has 0 radical (unpaired) electrons. The van der Waals surface area contributed by atoms with Crippen molar-refractivity contribution in [2.45, 2.75) is 148 Å². The molecule has 0 bridgehead atoms. The molecule has 8 heteroatoms. The van der Waals surface area contributed by atoms with Crippen LogP contribution in [0, 0.1) is 0 Å². The van der Waals surface area contributed by atoms with Gasteiger partial charge in [-0.2, -0.15) is 0 Å². The lowest BCUT2D eigenvalue weighted by molar-refractivity contribution is -0.887. The van der Waals surface area contributed by atoms with E-state index in [0.29, 0.717) is 19.3 Å². The lowest BCUT2D eigenvalue weighted by Gasteiger charge is -2.31. The zero-order valence-electron chi connectivity index (χ0n) is 35.8. The van der Waals surface area contributed by atoms with Crippen LogP contribution in [0.5, 0.6) is 0 Å². The molecule has 0 amide bonds. The summed E-state index contributed by atoms with van der Waals surface area (Å²) in [6, 6.07) is -0.636. The smallest absolute Gasteiger partial charge is 0.362 e. The number of likely N-dealkylation sites (N-methyl/N-ethyl adjacent to an activating group) is 1. The van der Waals surface area contributed by atoms with E-state index in [1.54, 1.807) is 0 Å². The third-order valence-electron chi connectivity index (χ3n) is 8.85. The van der Waals surface area contributed by atoms with Crippen LogP contribution in [0.2, 0.25) is 0 Å². The van der Waals surface area contributed by atoms with E-state index >= 15 is 0 Å². The molecule has 1 N–H and O–H groups in total. The highest BCUT2D eigenvalue weighted by molar-refractivity contribution is 5.72. The van der Waals surface area contributed by atoms with Crippen molar-refractivity contribution < 1.29 is 38.2 Å². The number of allylic oxidation sites excluding steroid dienone is 16. The summed E-state index contributed by atoms with van der Waals surface area (Å²) in [5, 5.41) is 9.61. The lowest BCUT2D eigenvalue weighted by atomic mass is 10.1. The monoisotopic (exact) mass is 781 g/mol. The van der Waals surface area contributed by atoms with Gasteiger partial charge in [-0.25, -0.2) is 4.79 Å². The number of rotatable bonds is 36. The third kappa shape index (κ3) is 35.9. The molecule has 0 saturated carbocycles. The highest BCUT2D eigenvalue weighted by atomic mass is 16.6. The number of ether oxygens (including phenoxy) is 3. The molecule has 0 aromatic carbocycles. The van der Waals surface area contributed by atoms with Crippen molar-refractivity contribution in [2.75, 3.05) is 41.0 Å². The van der Waals surface area contributed by atoms with Crippen LogP contribution in [0.25, 0.3) is 0 Å². The number of quaternary nitrogens is 1. The van der Waals surface area contributed by atoms with Gasteiger partial charge in [-0.15, -0.1) is 0 Å². The molecule has 0 rings (SSSR count). The maximum atomic E-state index is 12.7. The SMILES string of the molecule is CC/C=C/C=C/C=C/C=C/C=C/CCCCCC(=O)OCC(COCCC(C(=O)O)[N+](C)(C)C)OC(=O)CCC/C=C/C/C=C/C/C=C/CCCCCCCC. The van der Waals surface area contributed by atoms with Crippen molar-refractivity contribution in [3.8, 4) is 0 Å². The van der Waals surface area contributed by atoms with Crippen molar-refractivity contribution >= 4 is 17.9 Å². The number of hydrogen-bond donors (Lipinski definition) is 1. The first-order valence-corrected chi connectivity index (χ1v) is 21.3. The topological polar surface area (TPSA) is 99.1 Å². The van der Waals surface area contributed by atoms with Crippen LogP contribution in [0.1, 0.15) is 136 Å². The minimum Gasteiger partial charge on any atom is -0.477 e. The summed E-state index contributed by atoms with van der Waals surface area (Å²) in [5.41, 5.74) is 0. The van der Waals surface area contributed by atoms with Gasteiger partial charge in [-0.05, 0) is 64.2 Å². The highest BCUT2D eigenvalue weighted by Crippen LogP contribution is 2.11. The van der Waals surface area contributed by atoms with Crippen molar-refractivity contribution in [2.24, 2.45) is 0 Å². The second-order valence-corrected chi connectivity index (χ2v) is 15.0. The predicted octanol–water partition coefficient (Wildman–Crippen LogP) is 11.5. The van der Waals surface area contributed by atoms with Crippen LogP contribution in [0.3, 0.4) is 0 Å². The summed E-state index contributed by atoms with van der Waals surface area (Å²) in [6.45, 7) is 4.46. The maximum absolute atomic E-state index is 12.7. The van der Waals surface area contributed by atoms with E-state index in [9.17, 15) is 19.5 Å². The van der Waals surface area contributed by atoms with E-state index in [1.165, 1.54) is 44.9 Å². The van der Waals surface area contributed by atoms with Gasteiger partial charge < -0.3 is 23.8 Å². The number of esters is 2. The minimum absolute atomic E-state index is 0.0204. The molecule has 8 nitrogen and oxygen atoms in total. The zero-order valence-corrected chi connectivity index (χ0v) is 35.8. The number of nitrogens with zero attached hydrogens (tertiary/aromatic N) is 1. The van der Waals surface area contributed by atoms with E-state index in [0.717, 1.165) is 44.9 Å². The lowest BCUT2D eigenvalue weighted by Crippen LogP contribution is -2.50. The first-order chi connectivity index (χ1) is 27.1. The Hall–Kier alpha value is -3.75. The second-order valence-electron chi connectivity index (χ2n) is 15.0. The molecule has 0 aliphatic rings. The zero-order chi connectivity index (χ0) is 41.4. The Morgan fingerprint density at radius 3 is 1.70 bits per heavy atom. The molecule has 2 unspecified atom stereocenters. The molecule has 316 valence electrons. The number of aliphatic carboxylic acids is 1. The molecule has 56 heavy (non-hydrogen) atoms. The van der Waals surface area contributed by atoms with Gasteiger partial charge in [-0.3, -0.25) is 9.59 Å². The van der Waals surface area contributed by atoms with Gasteiger partial charge in [-0.1, -0.05) is 150 Å². The minimum atomic E-state index is -0.894. The van der Waals surface area contributed by atoms with Crippen LogP contribution in [-0.2, 0) is 28.6 Å². The van der Waals surface area contributed by atoms with E-state index in [-0.39, 0.29) is 49.1 Å². The van der Waals surface area contributed by atoms with Gasteiger partial charge in [0.25, 0.3) is 0 Å². The molecule has 0 saturated heterocycles. The largest absolute Gasteiger partial charge is 0.477 e. The standard InChI is InChI=1S/C48H77NO7/c1-6-8-10-12-14-16-18-20-22-23-25-27-29-31-33-35-37-39-47(51)56-44(42-54-41-40-45(48(52)53)49(3,4)5)43-55-46(50)38-36-34-32-30-28-26-24-21-19-17-15-13-11-9-7-2/h9,11,13,15,17,19-22,24-28,31,33,44-45H,6-8,10,12,14,16,18,23,29-30,32,34-43H2,1-5H3/p+1/b11-9+,15-13+,19-17+,22-20+,24-21+,27-25+,28-26+,33-31+. The molecule has 2 atom stereocenters. The van der Waals surface area contributed by atoms with Gasteiger partial charge in [0.05, 0.1) is 34.4 Å². The van der Waals surface area contributed by atoms with Gasteiger partial charge in [0.2, 0.25) is 0 Å². The fourth-order valence-corrected chi connectivity index (χ4v) is 5.54. The molecular formula is C48H78NO7+. The van der Waals surface area contributed by atoms with Gasteiger partial charge in [0.15, 0.2) is 12.1 Å². The molecular weight excluding hydrogens is 703 g/mol. The van der Waals surface area contributed by atoms with Crippen LogP contribution in [0.15, 0.2) is 97.2 Å². The van der Waals surface area contributed by atoms with Crippen molar-refractivity contribution in [3.63, 3.8) is 0 Å². The molecule has 0 aliphatic heterocycles. The Bertz CT molecular complexity index is 1230. The van der Waals surface area contributed by atoms with Crippen molar-refractivity contribution in [3.05, 3.63) is 97.2 Å². The average Bonchev–Trinajstić information content (AvgIpc) is 3.15. The Kier molecular flexibility index (Phi) is 35.6. The maximum Gasteiger partial charge on any atom is 0.362 e. The Morgan fingerprint density at radius 2 is 1.09 bits per heavy atom. The van der Waals surface area contributed by atoms with Crippen molar-refractivity contribution in [1.29, 1.82) is 0 Å². The number of hydrogen-bond acceptors (Lipinski definition) is 6. The highest BCUT2D eigenvalue weighted by Gasteiger charge is 2.31. The molecule has 0 aromatic heterocycles. The summed E-state index contributed by atoms with van der Waals surface area (Å²) >= 11 is 0. The van der Waals surface area contributed by atoms with E-state index in [4.69, 9.17) is 14.2 Å². The van der Waals surface area contributed by atoms with E-state index < -0.39 is 18.1 Å². The summed E-state index contributed by atoms with van der Waals surface area (Å²) in [6.07, 6.45) is 50.3. The fraction of sp³-hybridized carbons (Fsp3) is 0.604. The second kappa shape index (κ2) is 38.1. The molecule has 0 aromatic rings. The molecule has 0 heterocycles. The van der Waals surface area contributed by atoms with Gasteiger partial charge in [0.1, 0.15) is 6.61 Å². The van der Waals surface area contributed by atoms with Crippen LogP contribution in [0.4, 0.5) is 0 Å². The average molecular weight is 781 g/mol. The Morgan fingerprint density at radius 1 is 0.571 bits per heavy atom. The number of carbonyl (C=O) groups excluding carboxylic acids is 2. The number of unbranched alkanes of at least 4 members (excludes halogenated alkanes) is 10. The normalized spacial score (nSPS) is 13.9. The Balaban J connectivity index is 4.56. The van der Waals surface area contributed by atoms with Gasteiger partial charge in [0, 0.05) is 19.3 Å². The summed E-state index contributed by atoms with van der Waals surface area (Å²) in [4.78, 5) is 36.9. The number of carboxylic acids is 1. The first kappa shape index (κ1) is 52.2. The third-order valence-corrected chi connectivity index (χ3v) is 8.85. The quantitative estimate of drug-likeness (QED) is 0.0222. The molecule has 0 aliphatic carbocycles. The van der Waals surface area contributed by atoms with Crippen molar-refractivity contribution in [1.82, 2.24) is 0 Å². The molecule has 0 fully saturated rings. The fourth-order valence-electron chi connectivity index (χ4n) is 5.54. The van der Waals surface area contributed by atoms with Crippen LogP contribution in [-0.4, -0.2) is 80.6 Å². The van der Waals surface area contributed by atoms with E-state index in [2.05, 4.69) is 62.5 Å². The summed E-state index contributed by atoms with van der Waals surface area (Å²) in [7, 11) is 5.48. The number of carbonyl (C=O) groups is 3. The van der Waals surface area contributed by atoms with Crippen LogP contribution >= 0.6 is 0 Å².